The number of nitrogens with zero attached hydrogens (tertiary/aromatic N) is 2. The SMILES string of the molecule is Cc1nnc(NC(=O)C(C)Sc2cccc(NC(=O)/C(=C/c3ccc(OCc4ccccc4)cc3)NC(=O)c3ccccc3)c2)s1. The number of ether oxygens (including phenoxy) is 1. The molecule has 1 aromatic heterocycles. The Kier molecular flexibility index (Phi) is 10.9. The van der Waals surface area contributed by atoms with E-state index in [2.05, 4.69) is 26.1 Å². The van der Waals surface area contributed by atoms with Crippen LogP contribution >= 0.6 is 23.1 Å². The van der Waals surface area contributed by atoms with Crippen molar-refractivity contribution < 1.29 is 19.1 Å². The molecule has 0 spiro atoms. The highest BCUT2D eigenvalue weighted by Crippen LogP contribution is 2.27. The van der Waals surface area contributed by atoms with Crippen molar-refractivity contribution in [3.05, 3.63) is 137 Å². The first-order valence-electron chi connectivity index (χ1n) is 14.4. The summed E-state index contributed by atoms with van der Waals surface area (Å²) in [5.41, 5.74) is 2.73. The van der Waals surface area contributed by atoms with E-state index < -0.39 is 17.1 Å². The van der Waals surface area contributed by atoms with Crippen molar-refractivity contribution >= 4 is 57.7 Å². The van der Waals surface area contributed by atoms with Crippen molar-refractivity contribution in [1.29, 1.82) is 0 Å². The summed E-state index contributed by atoms with van der Waals surface area (Å²) in [6.07, 6.45) is 1.61. The van der Waals surface area contributed by atoms with Gasteiger partial charge in [0.05, 0.1) is 5.25 Å². The molecule has 1 atom stereocenters. The van der Waals surface area contributed by atoms with E-state index in [0.717, 1.165) is 15.5 Å². The van der Waals surface area contributed by atoms with Gasteiger partial charge >= 0.3 is 0 Å². The van der Waals surface area contributed by atoms with Crippen LogP contribution in [0.15, 0.2) is 120 Å². The molecule has 5 aromatic rings. The first-order chi connectivity index (χ1) is 22.3. The molecule has 0 aliphatic rings. The molecular weight excluding hydrogens is 619 g/mol. The van der Waals surface area contributed by atoms with E-state index in [0.29, 0.717) is 34.3 Å². The van der Waals surface area contributed by atoms with Gasteiger partial charge < -0.3 is 15.4 Å². The van der Waals surface area contributed by atoms with Gasteiger partial charge in [0.1, 0.15) is 23.1 Å². The third-order valence-corrected chi connectivity index (χ3v) is 8.35. The zero-order chi connectivity index (χ0) is 32.3. The van der Waals surface area contributed by atoms with Crippen molar-refractivity contribution in [2.24, 2.45) is 0 Å². The summed E-state index contributed by atoms with van der Waals surface area (Å²) < 4.78 is 5.88. The van der Waals surface area contributed by atoms with Crippen LogP contribution in [-0.2, 0) is 16.2 Å². The number of anilines is 2. The Morgan fingerprint density at radius 1 is 0.870 bits per heavy atom. The zero-order valence-electron chi connectivity index (χ0n) is 25.1. The summed E-state index contributed by atoms with van der Waals surface area (Å²) in [5, 5.41) is 17.0. The molecule has 46 heavy (non-hydrogen) atoms. The van der Waals surface area contributed by atoms with Crippen LogP contribution in [0.2, 0.25) is 0 Å². The van der Waals surface area contributed by atoms with E-state index in [1.807, 2.05) is 73.7 Å². The number of hydrogen-bond acceptors (Lipinski definition) is 8. The minimum atomic E-state index is -0.506. The molecule has 3 N–H and O–H groups in total. The van der Waals surface area contributed by atoms with Crippen LogP contribution in [0, 0.1) is 6.92 Å². The smallest absolute Gasteiger partial charge is 0.272 e. The third-order valence-electron chi connectivity index (χ3n) is 6.50. The lowest BCUT2D eigenvalue weighted by Gasteiger charge is -2.14. The van der Waals surface area contributed by atoms with Crippen molar-refractivity contribution in [3.63, 3.8) is 0 Å². The highest BCUT2D eigenvalue weighted by Gasteiger charge is 2.18. The van der Waals surface area contributed by atoms with Crippen LogP contribution in [0.4, 0.5) is 10.8 Å². The maximum absolute atomic E-state index is 13.6. The van der Waals surface area contributed by atoms with Gasteiger partial charge in [-0.15, -0.1) is 22.0 Å². The van der Waals surface area contributed by atoms with Crippen LogP contribution < -0.4 is 20.7 Å². The summed E-state index contributed by atoms with van der Waals surface area (Å²) in [7, 11) is 0. The van der Waals surface area contributed by atoms with Crippen molar-refractivity contribution in [1.82, 2.24) is 15.5 Å². The van der Waals surface area contributed by atoms with Crippen molar-refractivity contribution in [2.75, 3.05) is 10.6 Å². The Hall–Kier alpha value is -5.26. The van der Waals surface area contributed by atoms with E-state index in [1.54, 1.807) is 55.5 Å². The predicted molar refractivity (Wildman–Crippen MR) is 183 cm³/mol. The van der Waals surface area contributed by atoms with E-state index in [1.165, 1.54) is 23.1 Å². The fourth-order valence-corrected chi connectivity index (χ4v) is 5.69. The second-order valence-corrected chi connectivity index (χ2v) is 12.7. The minimum absolute atomic E-state index is 0.0601. The molecule has 0 saturated carbocycles. The lowest BCUT2D eigenvalue weighted by Crippen LogP contribution is -2.30. The van der Waals surface area contributed by atoms with Crippen LogP contribution in [0.25, 0.3) is 6.08 Å². The van der Waals surface area contributed by atoms with Gasteiger partial charge in [-0.25, -0.2) is 0 Å². The second-order valence-electron chi connectivity index (χ2n) is 10.1. The standard InChI is InChI=1S/C35H31N5O4S2/c1-23(32(41)38-35-40-39-24(2)46-35)45-30-15-9-14-28(21-30)36-34(43)31(37-33(42)27-12-7-4-8-13-27)20-25-16-18-29(19-17-25)44-22-26-10-5-3-6-11-26/h3-21,23H,22H2,1-2H3,(H,36,43)(H,37,42)(H,38,40,41)/b31-20-. The Labute approximate surface area is 275 Å². The van der Waals surface area contributed by atoms with Crippen molar-refractivity contribution in [3.8, 4) is 5.75 Å². The maximum Gasteiger partial charge on any atom is 0.272 e. The predicted octanol–water partition coefficient (Wildman–Crippen LogP) is 6.95. The molecule has 1 heterocycles. The molecule has 0 aliphatic carbocycles. The number of amides is 3. The normalized spacial score (nSPS) is 11.7. The molecule has 11 heteroatoms. The molecule has 5 rings (SSSR count). The monoisotopic (exact) mass is 649 g/mol. The number of aryl methyl sites for hydroxylation is 1. The number of aromatic nitrogens is 2. The lowest BCUT2D eigenvalue weighted by molar-refractivity contribution is -0.115. The highest BCUT2D eigenvalue weighted by atomic mass is 32.2. The summed E-state index contributed by atoms with van der Waals surface area (Å²) in [4.78, 5) is 40.1. The van der Waals surface area contributed by atoms with Gasteiger partial charge in [-0.2, -0.15) is 0 Å². The Morgan fingerprint density at radius 2 is 1.59 bits per heavy atom. The Bertz CT molecular complexity index is 1830. The molecule has 4 aromatic carbocycles. The van der Waals surface area contributed by atoms with Crippen LogP contribution in [0.1, 0.15) is 33.4 Å². The van der Waals surface area contributed by atoms with Crippen LogP contribution in [0.5, 0.6) is 5.75 Å². The van der Waals surface area contributed by atoms with Gasteiger partial charge in [0.15, 0.2) is 0 Å². The number of carbonyl (C=O) groups excluding carboxylic acids is 3. The quantitative estimate of drug-likeness (QED) is 0.0987. The maximum atomic E-state index is 13.6. The van der Waals surface area contributed by atoms with Crippen molar-refractivity contribution in [2.45, 2.75) is 30.6 Å². The molecule has 0 bridgehead atoms. The molecular formula is C35H31N5O4S2. The topological polar surface area (TPSA) is 122 Å². The summed E-state index contributed by atoms with van der Waals surface area (Å²) in [6.45, 7) is 4.04. The third kappa shape index (κ3) is 9.37. The Morgan fingerprint density at radius 3 is 2.28 bits per heavy atom. The number of nitrogens with one attached hydrogen (secondary N) is 3. The molecule has 1 unspecified atom stereocenters. The molecule has 0 radical (unpaired) electrons. The minimum Gasteiger partial charge on any atom is -0.489 e. The van der Waals surface area contributed by atoms with Crippen LogP contribution in [-0.4, -0.2) is 33.2 Å². The number of hydrogen-bond donors (Lipinski definition) is 3. The molecule has 9 nitrogen and oxygen atoms in total. The second kappa shape index (κ2) is 15.6. The van der Waals surface area contributed by atoms with E-state index in [4.69, 9.17) is 4.74 Å². The van der Waals surface area contributed by atoms with Gasteiger partial charge in [0.25, 0.3) is 11.8 Å². The van der Waals surface area contributed by atoms with E-state index in [-0.39, 0.29) is 11.6 Å². The highest BCUT2D eigenvalue weighted by molar-refractivity contribution is 8.00. The number of carbonyl (C=O) groups is 3. The fraction of sp³-hybridized carbons (Fsp3) is 0.114. The Balaban J connectivity index is 1.28. The molecule has 232 valence electrons. The first-order valence-corrected chi connectivity index (χ1v) is 16.1. The molecule has 0 saturated heterocycles. The summed E-state index contributed by atoms with van der Waals surface area (Å²) in [6, 6.07) is 32.9. The molecule has 0 aliphatic heterocycles. The first kappa shape index (κ1) is 32.1. The van der Waals surface area contributed by atoms with Gasteiger partial charge in [-0.3, -0.25) is 19.7 Å². The number of benzene rings is 4. The molecule has 0 fully saturated rings. The largest absolute Gasteiger partial charge is 0.489 e. The number of thioether (sulfide) groups is 1. The van der Waals surface area contributed by atoms with Gasteiger partial charge in [-0.1, -0.05) is 78.1 Å². The van der Waals surface area contributed by atoms with E-state index >= 15 is 0 Å². The van der Waals surface area contributed by atoms with Gasteiger partial charge in [-0.05, 0) is 73.5 Å². The lowest BCUT2D eigenvalue weighted by atomic mass is 10.1. The van der Waals surface area contributed by atoms with Gasteiger partial charge in [0.2, 0.25) is 11.0 Å². The summed E-state index contributed by atoms with van der Waals surface area (Å²) >= 11 is 2.64. The average molecular weight is 650 g/mol. The van der Waals surface area contributed by atoms with Crippen LogP contribution in [0.3, 0.4) is 0 Å². The number of rotatable bonds is 12. The molecule has 3 amide bonds. The average Bonchev–Trinajstić information content (AvgIpc) is 3.49. The fourth-order valence-electron chi connectivity index (χ4n) is 4.17. The summed E-state index contributed by atoms with van der Waals surface area (Å²) in [5.74, 6) is -0.454. The van der Waals surface area contributed by atoms with Gasteiger partial charge in [0, 0.05) is 16.1 Å². The zero-order valence-corrected chi connectivity index (χ0v) is 26.7. The van der Waals surface area contributed by atoms with E-state index in [9.17, 15) is 14.4 Å².